The van der Waals surface area contributed by atoms with Crippen molar-refractivity contribution in [2.45, 2.75) is 6.61 Å². The van der Waals surface area contributed by atoms with Gasteiger partial charge in [0, 0.05) is 24.3 Å². The second kappa shape index (κ2) is 6.49. The van der Waals surface area contributed by atoms with Gasteiger partial charge in [0.1, 0.15) is 5.01 Å². The van der Waals surface area contributed by atoms with E-state index in [1.54, 1.807) is 18.4 Å². The molecule has 2 aromatic rings. The van der Waals surface area contributed by atoms with Gasteiger partial charge in [-0.15, -0.1) is 11.3 Å². The Hall–Kier alpha value is -1.23. The molecule has 0 radical (unpaired) electrons. The number of hydrogen-bond acceptors (Lipinski definition) is 4. The Balaban J connectivity index is 1.97. The molecule has 0 atom stereocenters. The van der Waals surface area contributed by atoms with E-state index < -0.39 is 0 Å². The predicted octanol–water partition coefficient (Wildman–Crippen LogP) is 2.97. The van der Waals surface area contributed by atoms with Gasteiger partial charge in [0.15, 0.2) is 0 Å². The van der Waals surface area contributed by atoms with Crippen molar-refractivity contribution in [3.8, 4) is 10.6 Å². The number of aromatic nitrogens is 1. The summed E-state index contributed by atoms with van der Waals surface area (Å²) in [7, 11) is 1.67. The molecule has 2 rings (SSSR count). The van der Waals surface area contributed by atoms with E-state index in [-0.39, 0.29) is 0 Å². The van der Waals surface area contributed by atoms with Gasteiger partial charge in [-0.3, -0.25) is 0 Å². The highest BCUT2D eigenvalue weighted by Gasteiger charge is 2.01. The lowest BCUT2D eigenvalue weighted by Crippen LogP contribution is -2.01. The Morgan fingerprint density at radius 3 is 3.00 bits per heavy atom. The first-order valence-corrected chi connectivity index (χ1v) is 6.33. The number of benzene rings is 1. The third kappa shape index (κ3) is 3.63. The van der Waals surface area contributed by atoms with Gasteiger partial charge in [0.05, 0.1) is 19.8 Å². The van der Waals surface area contributed by atoms with Crippen LogP contribution in [-0.2, 0) is 16.1 Å². The molecule has 4 heteroatoms. The van der Waals surface area contributed by atoms with Gasteiger partial charge >= 0.3 is 0 Å². The fourth-order valence-corrected chi connectivity index (χ4v) is 2.13. The van der Waals surface area contributed by atoms with Crippen LogP contribution in [0.3, 0.4) is 0 Å². The molecule has 90 valence electrons. The highest BCUT2D eigenvalue weighted by molar-refractivity contribution is 7.13. The summed E-state index contributed by atoms with van der Waals surface area (Å²) in [6, 6.07) is 8.28. The van der Waals surface area contributed by atoms with Crippen molar-refractivity contribution < 1.29 is 9.47 Å². The molecule has 0 fully saturated rings. The normalized spacial score (nSPS) is 10.6. The van der Waals surface area contributed by atoms with E-state index >= 15 is 0 Å². The Bertz CT molecular complexity index is 442. The third-order valence-corrected chi connectivity index (χ3v) is 3.13. The van der Waals surface area contributed by atoms with Gasteiger partial charge in [-0.25, -0.2) is 4.98 Å². The van der Waals surface area contributed by atoms with Crippen LogP contribution in [0, 0.1) is 0 Å². The summed E-state index contributed by atoms with van der Waals surface area (Å²) in [6.45, 7) is 1.87. The second-order valence-corrected chi connectivity index (χ2v) is 4.48. The van der Waals surface area contributed by atoms with E-state index in [2.05, 4.69) is 23.2 Å². The largest absolute Gasteiger partial charge is 0.382 e. The number of ether oxygens (including phenoxy) is 2. The molecule has 0 amide bonds. The minimum absolute atomic E-state index is 0.614. The van der Waals surface area contributed by atoms with Crippen molar-refractivity contribution in [1.29, 1.82) is 0 Å². The maximum atomic E-state index is 5.49. The first-order valence-electron chi connectivity index (χ1n) is 5.45. The number of nitrogens with zero attached hydrogens (tertiary/aromatic N) is 1. The number of rotatable bonds is 6. The minimum atomic E-state index is 0.614. The number of methoxy groups -OCH3 is 1. The molecule has 1 heterocycles. The van der Waals surface area contributed by atoms with Crippen LogP contribution in [0.1, 0.15) is 5.56 Å². The van der Waals surface area contributed by atoms with Crippen LogP contribution < -0.4 is 0 Å². The molecule has 0 saturated carbocycles. The molecule has 0 aliphatic heterocycles. The Labute approximate surface area is 105 Å². The minimum Gasteiger partial charge on any atom is -0.382 e. The van der Waals surface area contributed by atoms with Gasteiger partial charge in [0.2, 0.25) is 0 Å². The summed E-state index contributed by atoms with van der Waals surface area (Å²) >= 11 is 1.64. The van der Waals surface area contributed by atoms with Crippen molar-refractivity contribution in [3.05, 3.63) is 41.4 Å². The lowest BCUT2D eigenvalue weighted by Gasteiger charge is -2.05. The number of hydrogen-bond donors (Lipinski definition) is 0. The van der Waals surface area contributed by atoms with Gasteiger partial charge in [-0.2, -0.15) is 0 Å². The molecule has 17 heavy (non-hydrogen) atoms. The summed E-state index contributed by atoms with van der Waals surface area (Å²) in [5.74, 6) is 0. The van der Waals surface area contributed by atoms with Crippen molar-refractivity contribution in [2.75, 3.05) is 20.3 Å². The van der Waals surface area contributed by atoms with E-state index in [1.165, 1.54) is 0 Å². The monoisotopic (exact) mass is 249 g/mol. The van der Waals surface area contributed by atoms with Crippen LogP contribution in [0.2, 0.25) is 0 Å². The molecule has 0 saturated heterocycles. The predicted molar refractivity (Wildman–Crippen MR) is 69.1 cm³/mol. The fourth-order valence-electron chi connectivity index (χ4n) is 1.49. The van der Waals surface area contributed by atoms with Crippen molar-refractivity contribution in [3.63, 3.8) is 0 Å². The van der Waals surface area contributed by atoms with Crippen LogP contribution in [0.4, 0.5) is 0 Å². The highest BCUT2D eigenvalue weighted by atomic mass is 32.1. The molecule has 1 aromatic carbocycles. The molecular weight excluding hydrogens is 234 g/mol. The van der Waals surface area contributed by atoms with Crippen LogP contribution in [0.25, 0.3) is 10.6 Å². The molecule has 0 N–H and O–H groups in total. The van der Waals surface area contributed by atoms with Gasteiger partial charge in [-0.1, -0.05) is 18.2 Å². The topological polar surface area (TPSA) is 31.4 Å². The van der Waals surface area contributed by atoms with Crippen molar-refractivity contribution in [2.24, 2.45) is 0 Å². The highest BCUT2D eigenvalue weighted by Crippen LogP contribution is 2.22. The summed E-state index contributed by atoms with van der Waals surface area (Å²) in [4.78, 5) is 4.30. The standard InChI is InChI=1S/C13H15NO2S/c1-15-6-7-16-10-11-3-2-4-12(9-11)13-14-5-8-17-13/h2-5,8-9H,6-7,10H2,1H3. The smallest absolute Gasteiger partial charge is 0.123 e. The van der Waals surface area contributed by atoms with E-state index in [4.69, 9.17) is 9.47 Å². The molecule has 0 aliphatic rings. The fraction of sp³-hybridized carbons (Fsp3) is 0.308. The molecule has 0 spiro atoms. The third-order valence-electron chi connectivity index (χ3n) is 2.31. The molecule has 0 aliphatic carbocycles. The van der Waals surface area contributed by atoms with Crippen LogP contribution in [0.15, 0.2) is 35.8 Å². The van der Waals surface area contributed by atoms with Crippen LogP contribution in [0.5, 0.6) is 0 Å². The first kappa shape index (κ1) is 12.2. The SMILES string of the molecule is COCCOCc1cccc(-c2nccs2)c1. The molecule has 0 unspecified atom stereocenters. The summed E-state index contributed by atoms with van der Waals surface area (Å²) in [5.41, 5.74) is 2.31. The number of thiazole rings is 1. The van der Waals surface area contributed by atoms with Gasteiger partial charge in [0.25, 0.3) is 0 Å². The quantitative estimate of drug-likeness (QED) is 0.738. The summed E-state index contributed by atoms with van der Waals surface area (Å²) in [6.07, 6.45) is 1.82. The zero-order valence-electron chi connectivity index (χ0n) is 9.76. The molecule has 3 nitrogen and oxygen atoms in total. The molecule has 1 aromatic heterocycles. The second-order valence-electron chi connectivity index (χ2n) is 3.58. The van der Waals surface area contributed by atoms with Crippen LogP contribution >= 0.6 is 11.3 Å². The van der Waals surface area contributed by atoms with Crippen molar-refractivity contribution in [1.82, 2.24) is 4.98 Å². The average molecular weight is 249 g/mol. The van der Waals surface area contributed by atoms with E-state index in [0.29, 0.717) is 19.8 Å². The lowest BCUT2D eigenvalue weighted by molar-refractivity contribution is 0.0617. The lowest BCUT2D eigenvalue weighted by atomic mass is 10.1. The van der Waals surface area contributed by atoms with Gasteiger partial charge < -0.3 is 9.47 Å². The Kier molecular flexibility index (Phi) is 4.67. The van der Waals surface area contributed by atoms with Crippen LogP contribution in [-0.4, -0.2) is 25.3 Å². The van der Waals surface area contributed by atoms with E-state index in [9.17, 15) is 0 Å². The maximum Gasteiger partial charge on any atom is 0.123 e. The average Bonchev–Trinajstić information content (AvgIpc) is 2.89. The Morgan fingerprint density at radius 1 is 1.29 bits per heavy atom. The van der Waals surface area contributed by atoms with E-state index in [1.807, 2.05) is 17.6 Å². The maximum absolute atomic E-state index is 5.49. The molecule has 0 bridgehead atoms. The van der Waals surface area contributed by atoms with E-state index in [0.717, 1.165) is 16.1 Å². The first-order chi connectivity index (χ1) is 8.40. The zero-order valence-corrected chi connectivity index (χ0v) is 10.6. The Morgan fingerprint density at radius 2 is 2.24 bits per heavy atom. The molecular formula is C13H15NO2S. The van der Waals surface area contributed by atoms with Gasteiger partial charge in [-0.05, 0) is 11.6 Å². The summed E-state index contributed by atoms with van der Waals surface area (Å²) < 4.78 is 10.4. The van der Waals surface area contributed by atoms with Crippen molar-refractivity contribution >= 4 is 11.3 Å². The zero-order chi connectivity index (χ0) is 11.9. The summed E-state index contributed by atoms with van der Waals surface area (Å²) in [5, 5.41) is 3.03.